The lowest BCUT2D eigenvalue weighted by Gasteiger charge is -2.11. The molecule has 0 N–H and O–H groups in total. The van der Waals surface area contributed by atoms with Gasteiger partial charge in [-0.1, -0.05) is 60.2 Å². The molecular formula is C26H27N3O2S. The molecule has 0 spiro atoms. The van der Waals surface area contributed by atoms with Gasteiger partial charge in [0.1, 0.15) is 5.82 Å². The number of hydrogen-bond acceptors (Lipinski definition) is 4. The van der Waals surface area contributed by atoms with Crippen LogP contribution < -0.4 is 0 Å². The molecule has 0 aliphatic carbocycles. The summed E-state index contributed by atoms with van der Waals surface area (Å²) in [6.45, 7) is 4.03. The van der Waals surface area contributed by atoms with E-state index in [9.17, 15) is 8.42 Å². The number of aromatic nitrogens is 2. The number of nitrogens with zero attached hydrogens (tertiary/aromatic N) is 3. The third-order valence-electron chi connectivity index (χ3n) is 6.14. The van der Waals surface area contributed by atoms with Crippen LogP contribution in [-0.2, 0) is 23.0 Å². The summed E-state index contributed by atoms with van der Waals surface area (Å²) in [4.78, 5) is 7.45. The molecule has 3 aromatic carbocycles. The first-order chi connectivity index (χ1) is 15.5. The van der Waals surface area contributed by atoms with E-state index < -0.39 is 10.0 Å². The Morgan fingerprint density at radius 1 is 0.938 bits per heavy atom. The molecule has 0 bridgehead atoms. The normalized spacial score (nSPS) is 18.2. The third-order valence-corrected chi connectivity index (χ3v) is 7.89. The summed E-state index contributed by atoms with van der Waals surface area (Å²) in [5, 5.41) is 0. The second-order valence-corrected chi connectivity index (χ2v) is 10.3. The molecule has 1 unspecified atom stereocenters. The van der Waals surface area contributed by atoms with Gasteiger partial charge in [0, 0.05) is 25.6 Å². The molecule has 4 aromatic rings. The molecule has 1 aliphatic rings. The van der Waals surface area contributed by atoms with Crippen molar-refractivity contribution in [1.82, 2.24) is 13.9 Å². The Hall–Kier alpha value is -2.96. The quantitative estimate of drug-likeness (QED) is 0.366. The average molecular weight is 446 g/mol. The predicted molar refractivity (Wildman–Crippen MR) is 127 cm³/mol. The van der Waals surface area contributed by atoms with Crippen molar-refractivity contribution >= 4 is 21.1 Å². The van der Waals surface area contributed by atoms with Crippen LogP contribution in [0.1, 0.15) is 29.8 Å². The van der Waals surface area contributed by atoms with E-state index >= 15 is 0 Å². The second kappa shape index (κ2) is 8.52. The van der Waals surface area contributed by atoms with Gasteiger partial charge in [-0.25, -0.2) is 17.4 Å². The number of hydrogen-bond donors (Lipinski definition) is 0. The highest BCUT2D eigenvalue weighted by atomic mass is 32.2. The zero-order chi connectivity index (χ0) is 22.1. The summed E-state index contributed by atoms with van der Waals surface area (Å²) in [6, 6.07) is 25.6. The molecule has 1 saturated heterocycles. The van der Waals surface area contributed by atoms with Crippen LogP contribution in [0.5, 0.6) is 0 Å². The smallest absolute Gasteiger partial charge is 0.269 e. The van der Waals surface area contributed by atoms with Crippen LogP contribution in [0.25, 0.3) is 11.0 Å². The van der Waals surface area contributed by atoms with Gasteiger partial charge in [-0.3, -0.25) is 4.90 Å². The van der Waals surface area contributed by atoms with Crippen LogP contribution in [0.3, 0.4) is 0 Å². The summed E-state index contributed by atoms with van der Waals surface area (Å²) >= 11 is 0. The van der Waals surface area contributed by atoms with Crippen LogP contribution in [0.4, 0.5) is 0 Å². The van der Waals surface area contributed by atoms with Crippen LogP contribution in [0.2, 0.25) is 0 Å². The SMILES string of the molecule is Cc1ccc(S(=O)(=O)n2c(CCC[C@@H]3CN3Cc3ccccc3)nc3ccccc32)cc1. The molecule has 6 heteroatoms. The van der Waals surface area contributed by atoms with E-state index in [0.717, 1.165) is 37.0 Å². The van der Waals surface area contributed by atoms with Gasteiger partial charge in [0.15, 0.2) is 0 Å². The fourth-order valence-electron chi connectivity index (χ4n) is 4.30. The van der Waals surface area contributed by atoms with Gasteiger partial charge in [-0.05, 0) is 49.6 Å². The highest BCUT2D eigenvalue weighted by molar-refractivity contribution is 7.90. The second-order valence-electron chi connectivity index (χ2n) is 8.56. The molecule has 5 rings (SSSR count). The van der Waals surface area contributed by atoms with Gasteiger partial charge in [-0.15, -0.1) is 0 Å². The molecule has 2 heterocycles. The van der Waals surface area contributed by atoms with Crippen LogP contribution in [0, 0.1) is 6.92 Å². The topological polar surface area (TPSA) is 55.0 Å². The summed E-state index contributed by atoms with van der Waals surface area (Å²) in [5.41, 5.74) is 3.72. The number of aryl methyl sites for hydroxylation is 2. The summed E-state index contributed by atoms with van der Waals surface area (Å²) < 4.78 is 28.5. The van der Waals surface area contributed by atoms with Crippen LogP contribution in [-0.4, -0.2) is 34.9 Å². The van der Waals surface area contributed by atoms with Crippen molar-refractivity contribution < 1.29 is 8.42 Å². The van der Waals surface area contributed by atoms with Crippen molar-refractivity contribution in [2.24, 2.45) is 0 Å². The first kappa shape index (κ1) is 20.9. The van der Waals surface area contributed by atoms with E-state index in [4.69, 9.17) is 4.98 Å². The fourth-order valence-corrected chi connectivity index (χ4v) is 5.81. The molecule has 2 atom stereocenters. The molecule has 1 aromatic heterocycles. The number of para-hydroxylation sites is 2. The first-order valence-electron chi connectivity index (χ1n) is 11.1. The number of imidazole rings is 1. The molecule has 5 nitrogen and oxygen atoms in total. The van der Waals surface area contributed by atoms with E-state index in [0.29, 0.717) is 28.7 Å². The maximum absolute atomic E-state index is 13.5. The molecule has 32 heavy (non-hydrogen) atoms. The molecule has 0 amide bonds. The van der Waals surface area contributed by atoms with E-state index in [2.05, 4.69) is 29.2 Å². The van der Waals surface area contributed by atoms with Gasteiger partial charge in [0.2, 0.25) is 0 Å². The Bertz CT molecular complexity index is 1330. The third kappa shape index (κ3) is 4.20. The van der Waals surface area contributed by atoms with Gasteiger partial charge in [-0.2, -0.15) is 0 Å². The highest BCUT2D eigenvalue weighted by Gasteiger charge is 2.33. The van der Waals surface area contributed by atoms with E-state index in [1.54, 1.807) is 12.1 Å². The number of benzene rings is 3. The fraction of sp³-hybridized carbons (Fsp3) is 0.269. The molecule has 1 fully saturated rings. The molecular weight excluding hydrogens is 418 g/mol. The van der Waals surface area contributed by atoms with Crippen molar-refractivity contribution in [1.29, 1.82) is 0 Å². The monoisotopic (exact) mass is 445 g/mol. The molecule has 1 aliphatic heterocycles. The first-order valence-corrected chi connectivity index (χ1v) is 12.5. The zero-order valence-electron chi connectivity index (χ0n) is 18.2. The number of fused-ring (bicyclic) bond motifs is 1. The highest BCUT2D eigenvalue weighted by Crippen LogP contribution is 2.28. The maximum Gasteiger partial charge on any atom is 0.269 e. The van der Waals surface area contributed by atoms with Gasteiger partial charge in [0.25, 0.3) is 10.0 Å². The predicted octanol–water partition coefficient (Wildman–Crippen LogP) is 4.79. The Morgan fingerprint density at radius 3 is 2.44 bits per heavy atom. The van der Waals surface area contributed by atoms with Crippen molar-refractivity contribution in [2.75, 3.05) is 6.54 Å². The minimum atomic E-state index is -3.71. The Labute approximate surface area is 189 Å². The maximum atomic E-state index is 13.5. The van der Waals surface area contributed by atoms with Crippen molar-refractivity contribution in [2.45, 2.75) is 43.7 Å². The number of rotatable bonds is 8. The minimum absolute atomic E-state index is 0.295. The standard InChI is InChI=1S/C26H27N3O2S/c1-20-14-16-23(17-15-20)32(30,31)29-25-12-6-5-11-24(25)27-26(29)13-7-10-22-19-28(22)18-21-8-3-2-4-9-21/h2-6,8-9,11-12,14-17,22H,7,10,13,18-19H2,1H3/t22-,28?/m1/s1. The molecule has 164 valence electrons. The minimum Gasteiger partial charge on any atom is -0.293 e. The zero-order valence-corrected chi connectivity index (χ0v) is 19.0. The van der Waals surface area contributed by atoms with Gasteiger partial charge >= 0.3 is 0 Å². The lowest BCUT2D eigenvalue weighted by Crippen LogP contribution is -2.16. The summed E-state index contributed by atoms with van der Waals surface area (Å²) in [5.74, 6) is 0.613. The van der Waals surface area contributed by atoms with Crippen molar-refractivity contribution in [3.63, 3.8) is 0 Å². The van der Waals surface area contributed by atoms with Gasteiger partial charge in [0.05, 0.1) is 15.9 Å². The Morgan fingerprint density at radius 2 is 1.66 bits per heavy atom. The van der Waals surface area contributed by atoms with Crippen LogP contribution >= 0.6 is 0 Å². The summed E-state index contributed by atoms with van der Waals surface area (Å²) in [6.07, 6.45) is 2.58. The summed E-state index contributed by atoms with van der Waals surface area (Å²) in [7, 11) is -3.71. The largest absolute Gasteiger partial charge is 0.293 e. The molecule has 0 saturated carbocycles. The van der Waals surface area contributed by atoms with E-state index in [-0.39, 0.29) is 0 Å². The average Bonchev–Trinajstić information content (AvgIpc) is 3.40. The lowest BCUT2D eigenvalue weighted by atomic mass is 10.2. The Kier molecular flexibility index (Phi) is 5.57. The van der Waals surface area contributed by atoms with E-state index in [1.165, 1.54) is 9.54 Å². The lowest BCUT2D eigenvalue weighted by molar-refractivity contribution is 0.479. The van der Waals surface area contributed by atoms with Crippen LogP contribution in [0.15, 0.2) is 83.8 Å². The van der Waals surface area contributed by atoms with Gasteiger partial charge < -0.3 is 0 Å². The van der Waals surface area contributed by atoms with Crippen molar-refractivity contribution in [3.8, 4) is 0 Å². The van der Waals surface area contributed by atoms with Crippen molar-refractivity contribution in [3.05, 3.63) is 95.8 Å². The molecule has 0 radical (unpaired) electrons. The Balaban J connectivity index is 1.33. The van der Waals surface area contributed by atoms with E-state index in [1.807, 2.05) is 49.4 Å².